The Morgan fingerprint density at radius 2 is 2.25 bits per heavy atom. The minimum absolute atomic E-state index is 0.665. The number of fused-ring (bicyclic) bond motifs is 1. The van der Waals surface area contributed by atoms with Gasteiger partial charge >= 0.3 is 0 Å². The number of thiophene rings is 1. The molecule has 2 aromatic rings. The molecule has 0 unspecified atom stereocenters. The number of ether oxygens (including phenoxy) is 1. The van der Waals surface area contributed by atoms with Crippen LogP contribution in [0.1, 0.15) is 4.88 Å². The number of aromatic nitrogens is 2. The standard InChI is InChI=1S/C8H8N2OS/c1-5-3-6-7(12-5)8(11-2)10-4-9-6/h3-4H,1-2H3. The minimum Gasteiger partial charge on any atom is -0.480 e. The summed E-state index contributed by atoms with van der Waals surface area (Å²) in [5.41, 5.74) is 0.962. The molecular weight excluding hydrogens is 172 g/mol. The summed E-state index contributed by atoms with van der Waals surface area (Å²) in [5, 5.41) is 0. The third kappa shape index (κ3) is 1.04. The van der Waals surface area contributed by atoms with Crippen LogP contribution in [-0.4, -0.2) is 17.1 Å². The van der Waals surface area contributed by atoms with Gasteiger partial charge in [-0.1, -0.05) is 0 Å². The molecule has 3 nitrogen and oxygen atoms in total. The maximum Gasteiger partial charge on any atom is 0.234 e. The molecule has 0 atom stereocenters. The lowest BCUT2D eigenvalue weighted by Crippen LogP contribution is -1.87. The Kier molecular flexibility index (Phi) is 1.69. The van der Waals surface area contributed by atoms with Crippen molar-refractivity contribution in [2.24, 2.45) is 0 Å². The summed E-state index contributed by atoms with van der Waals surface area (Å²) >= 11 is 1.65. The average Bonchev–Trinajstić information content (AvgIpc) is 2.44. The number of rotatable bonds is 1. The summed E-state index contributed by atoms with van der Waals surface area (Å²) in [7, 11) is 1.62. The first-order chi connectivity index (χ1) is 5.81. The van der Waals surface area contributed by atoms with Crippen molar-refractivity contribution in [1.29, 1.82) is 0 Å². The van der Waals surface area contributed by atoms with E-state index >= 15 is 0 Å². The van der Waals surface area contributed by atoms with Gasteiger partial charge in [-0.15, -0.1) is 11.3 Å². The Bertz CT molecular complexity index is 410. The summed E-state index contributed by atoms with van der Waals surface area (Å²) in [6.45, 7) is 2.05. The van der Waals surface area contributed by atoms with Gasteiger partial charge in [0.15, 0.2) is 0 Å². The lowest BCUT2D eigenvalue weighted by atomic mass is 10.4. The molecule has 0 radical (unpaired) electrons. The van der Waals surface area contributed by atoms with Crippen molar-refractivity contribution < 1.29 is 4.74 Å². The highest BCUT2D eigenvalue weighted by Gasteiger charge is 2.05. The second-order valence-electron chi connectivity index (χ2n) is 2.45. The molecule has 12 heavy (non-hydrogen) atoms. The van der Waals surface area contributed by atoms with Gasteiger partial charge < -0.3 is 4.74 Å². The zero-order valence-electron chi connectivity index (χ0n) is 6.87. The molecule has 0 bridgehead atoms. The summed E-state index contributed by atoms with van der Waals surface area (Å²) in [6.07, 6.45) is 1.52. The van der Waals surface area contributed by atoms with Crippen molar-refractivity contribution in [3.8, 4) is 5.88 Å². The van der Waals surface area contributed by atoms with Crippen LogP contribution in [-0.2, 0) is 0 Å². The van der Waals surface area contributed by atoms with Gasteiger partial charge in [0.1, 0.15) is 11.0 Å². The van der Waals surface area contributed by atoms with Crippen LogP contribution in [0.15, 0.2) is 12.4 Å². The van der Waals surface area contributed by atoms with E-state index in [9.17, 15) is 0 Å². The molecule has 0 aliphatic carbocycles. The second-order valence-corrected chi connectivity index (χ2v) is 3.71. The first kappa shape index (κ1) is 7.49. The summed E-state index contributed by atoms with van der Waals surface area (Å²) in [6, 6.07) is 2.03. The molecule has 2 aromatic heterocycles. The van der Waals surface area contributed by atoms with Crippen molar-refractivity contribution in [3.05, 3.63) is 17.3 Å². The normalized spacial score (nSPS) is 10.5. The molecule has 2 heterocycles. The van der Waals surface area contributed by atoms with E-state index in [1.54, 1.807) is 18.4 Å². The Morgan fingerprint density at radius 1 is 1.42 bits per heavy atom. The summed E-state index contributed by atoms with van der Waals surface area (Å²) < 4.78 is 6.13. The van der Waals surface area contributed by atoms with Crippen molar-refractivity contribution in [2.45, 2.75) is 6.92 Å². The third-order valence-electron chi connectivity index (χ3n) is 1.60. The van der Waals surface area contributed by atoms with Crippen LogP contribution in [0.2, 0.25) is 0 Å². The second kappa shape index (κ2) is 2.71. The maximum atomic E-state index is 5.10. The van der Waals surface area contributed by atoms with Crippen molar-refractivity contribution >= 4 is 21.6 Å². The van der Waals surface area contributed by atoms with Crippen LogP contribution in [0.4, 0.5) is 0 Å². The molecule has 0 aliphatic rings. The number of methoxy groups -OCH3 is 1. The van der Waals surface area contributed by atoms with Gasteiger partial charge in [0, 0.05) is 4.88 Å². The van der Waals surface area contributed by atoms with E-state index in [-0.39, 0.29) is 0 Å². The Morgan fingerprint density at radius 3 is 3.00 bits per heavy atom. The van der Waals surface area contributed by atoms with Gasteiger partial charge in [0.2, 0.25) is 5.88 Å². The maximum absolute atomic E-state index is 5.10. The van der Waals surface area contributed by atoms with Gasteiger partial charge in [-0.25, -0.2) is 9.97 Å². The van der Waals surface area contributed by atoms with E-state index in [0.717, 1.165) is 10.2 Å². The number of aryl methyl sites for hydroxylation is 1. The predicted molar refractivity (Wildman–Crippen MR) is 48.7 cm³/mol. The topological polar surface area (TPSA) is 35.0 Å². The number of hydrogen-bond donors (Lipinski definition) is 0. The molecule has 0 fully saturated rings. The van der Waals surface area contributed by atoms with Crippen LogP contribution in [0, 0.1) is 6.92 Å². The van der Waals surface area contributed by atoms with Gasteiger partial charge in [-0.2, -0.15) is 0 Å². The van der Waals surface area contributed by atoms with E-state index in [4.69, 9.17) is 4.74 Å². The predicted octanol–water partition coefficient (Wildman–Crippen LogP) is 2.01. The minimum atomic E-state index is 0.665. The lowest BCUT2D eigenvalue weighted by Gasteiger charge is -1.96. The van der Waals surface area contributed by atoms with Crippen molar-refractivity contribution in [3.63, 3.8) is 0 Å². The molecule has 2 rings (SSSR count). The molecular formula is C8H8N2OS. The number of nitrogens with zero attached hydrogens (tertiary/aromatic N) is 2. The van der Waals surface area contributed by atoms with Crippen molar-refractivity contribution in [1.82, 2.24) is 9.97 Å². The Labute approximate surface area is 74.0 Å². The van der Waals surface area contributed by atoms with Gasteiger partial charge in [-0.05, 0) is 13.0 Å². The fraction of sp³-hybridized carbons (Fsp3) is 0.250. The first-order valence-electron chi connectivity index (χ1n) is 3.56. The zero-order chi connectivity index (χ0) is 8.55. The highest BCUT2D eigenvalue weighted by molar-refractivity contribution is 7.19. The molecule has 0 amide bonds. The molecule has 0 aromatic carbocycles. The highest BCUT2D eigenvalue weighted by atomic mass is 32.1. The van der Waals surface area contributed by atoms with Crippen LogP contribution >= 0.6 is 11.3 Å². The molecule has 0 N–H and O–H groups in total. The van der Waals surface area contributed by atoms with E-state index in [2.05, 4.69) is 9.97 Å². The fourth-order valence-corrected chi connectivity index (χ4v) is 2.03. The first-order valence-corrected chi connectivity index (χ1v) is 4.38. The van der Waals surface area contributed by atoms with Crippen LogP contribution in [0.3, 0.4) is 0 Å². The Hall–Kier alpha value is -1.16. The van der Waals surface area contributed by atoms with E-state index < -0.39 is 0 Å². The molecule has 0 saturated carbocycles. The average molecular weight is 180 g/mol. The molecule has 4 heteroatoms. The van der Waals surface area contributed by atoms with Crippen LogP contribution in [0.25, 0.3) is 10.2 Å². The van der Waals surface area contributed by atoms with Gasteiger partial charge in [-0.3, -0.25) is 0 Å². The lowest BCUT2D eigenvalue weighted by molar-refractivity contribution is 0.403. The van der Waals surface area contributed by atoms with E-state index in [1.807, 2.05) is 13.0 Å². The monoisotopic (exact) mass is 180 g/mol. The molecule has 0 spiro atoms. The van der Waals surface area contributed by atoms with Gasteiger partial charge in [0.25, 0.3) is 0 Å². The fourth-order valence-electron chi connectivity index (χ4n) is 1.10. The largest absolute Gasteiger partial charge is 0.480 e. The molecule has 0 aliphatic heterocycles. The van der Waals surface area contributed by atoms with E-state index in [1.165, 1.54) is 11.2 Å². The smallest absolute Gasteiger partial charge is 0.234 e. The van der Waals surface area contributed by atoms with Crippen LogP contribution in [0.5, 0.6) is 5.88 Å². The number of hydrogen-bond acceptors (Lipinski definition) is 4. The molecule has 62 valence electrons. The van der Waals surface area contributed by atoms with Gasteiger partial charge in [0.05, 0.1) is 12.6 Å². The summed E-state index contributed by atoms with van der Waals surface area (Å²) in [4.78, 5) is 9.37. The quantitative estimate of drug-likeness (QED) is 0.673. The zero-order valence-corrected chi connectivity index (χ0v) is 7.68. The Balaban J connectivity index is 2.78. The van der Waals surface area contributed by atoms with Crippen molar-refractivity contribution in [2.75, 3.05) is 7.11 Å². The third-order valence-corrected chi connectivity index (χ3v) is 2.62. The highest BCUT2D eigenvalue weighted by Crippen LogP contribution is 2.29. The molecule has 0 saturated heterocycles. The summed E-state index contributed by atoms with van der Waals surface area (Å²) in [5.74, 6) is 0.665. The SMILES string of the molecule is COc1ncnc2cc(C)sc12. The van der Waals surface area contributed by atoms with E-state index in [0.29, 0.717) is 5.88 Å². The van der Waals surface area contributed by atoms with Crippen LogP contribution < -0.4 is 4.74 Å².